The lowest BCUT2D eigenvalue weighted by molar-refractivity contribution is 0.140. The number of rotatable bonds is 3. The summed E-state index contributed by atoms with van der Waals surface area (Å²) < 4.78 is 0. The zero-order chi connectivity index (χ0) is 18.6. The van der Waals surface area contributed by atoms with Crippen molar-refractivity contribution in [3.05, 3.63) is 64.7 Å². The number of carbonyl (C=O) groups is 1. The lowest BCUT2D eigenvalue weighted by Gasteiger charge is -2.37. The molecule has 2 heterocycles. The van der Waals surface area contributed by atoms with E-state index < -0.39 is 0 Å². The van der Waals surface area contributed by atoms with E-state index in [1.165, 1.54) is 17.5 Å². The number of likely N-dealkylation sites (tertiary alicyclic amines) is 1. The molecule has 0 spiro atoms. The predicted molar refractivity (Wildman–Crippen MR) is 110 cm³/mol. The van der Waals surface area contributed by atoms with Crippen molar-refractivity contribution < 1.29 is 4.79 Å². The molecule has 0 aromatic heterocycles. The second kappa shape index (κ2) is 8.32. The standard InChI is InChI=1S/C22H26ClN3O/c23-20-7-9-21(10-8-20)24-22(27)26-12-3-4-17(15-26)14-25-13-11-18-5-1-2-6-19(18)16-25/h1-2,5-10,17H,3-4,11-16H2,(H,24,27)/t17-/m1/s1. The van der Waals surface area contributed by atoms with Crippen LogP contribution < -0.4 is 5.32 Å². The van der Waals surface area contributed by atoms with Gasteiger partial charge >= 0.3 is 6.03 Å². The van der Waals surface area contributed by atoms with Crippen LogP contribution in [-0.4, -0.2) is 42.0 Å². The minimum Gasteiger partial charge on any atom is -0.324 e. The van der Waals surface area contributed by atoms with Crippen molar-refractivity contribution >= 4 is 23.3 Å². The van der Waals surface area contributed by atoms with Crippen molar-refractivity contribution in [2.24, 2.45) is 5.92 Å². The van der Waals surface area contributed by atoms with Crippen LogP contribution in [-0.2, 0) is 13.0 Å². The molecule has 0 saturated carbocycles. The van der Waals surface area contributed by atoms with Crippen LogP contribution in [0.3, 0.4) is 0 Å². The van der Waals surface area contributed by atoms with E-state index in [1.54, 1.807) is 12.1 Å². The first-order valence-corrected chi connectivity index (χ1v) is 10.2. The van der Waals surface area contributed by atoms with Crippen molar-refractivity contribution in [1.29, 1.82) is 0 Å². The third-order valence-corrected chi connectivity index (χ3v) is 5.88. The average Bonchev–Trinajstić information content (AvgIpc) is 2.70. The molecule has 27 heavy (non-hydrogen) atoms. The maximum absolute atomic E-state index is 12.6. The molecule has 0 aliphatic carbocycles. The molecular weight excluding hydrogens is 358 g/mol. The third kappa shape index (κ3) is 4.63. The highest BCUT2D eigenvalue weighted by molar-refractivity contribution is 6.30. The number of nitrogens with one attached hydrogen (secondary N) is 1. The molecular formula is C22H26ClN3O. The summed E-state index contributed by atoms with van der Waals surface area (Å²) in [6.45, 7) is 4.88. The fourth-order valence-corrected chi connectivity index (χ4v) is 4.34. The Morgan fingerprint density at radius 2 is 1.85 bits per heavy atom. The number of piperidine rings is 1. The van der Waals surface area contributed by atoms with Crippen molar-refractivity contribution in [3.63, 3.8) is 0 Å². The lowest BCUT2D eigenvalue weighted by atomic mass is 9.95. The van der Waals surface area contributed by atoms with Crippen molar-refractivity contribution in [1.82, 2.24) is 9.80 Å². The van der Waals surface area contributed by atoms with Crippen LogP contribution in [0, 0.1) is 5.92 Å². The van der Waals surface area contributed by atoms with Crippen molar-refractivity contribution in [2.75, 3.05) is 31.5 Å². The van der Waals surface area contributed by atoms with Crippen LogP contribution in [0.25, 0.3) is 0 Å². The zero-order valence-electron chi connectivity index (χ0n) is 15.5. The second-order valence-corrected chi connectivity index (χ2v) is 8.08. The van der Waals surface area contributed by atoms with Crippen LogP contribution in [0.2, 0.25) is 5.02 Å². The molecule has 1 N–H and O–H groups in total. The molecule has 2 aliphatic heterocycles. The monoisotopic (exact) mass is 383 g/mol. The first kappa shape index (κ1) is 18.3. The summed E-state index contributed by atoms with van der Waals surface area (Å²) in [6, 6.07) is 16.0. The fourth-order valence-electron chi connectivity index (χ4n) is 4.21. The van der Waals surface area contributed by atoms with E-state index >= 15 is 0 Å². The van der Waals surface area contributed by atoms with Crippen LogP contribution in [0.5, 0.6) is 0 Å². The van der Waals surface area contributed by atoms with Gasteiger partial charge in [-0.25, -0.2) is 4.79 Å². The molecule has 0 radical (unpaired) electrons. The Labute approximate surface area is 166 Å². The Bertz CT molecular complexity index is 792. The van der Waals surface area contributed by atoms with Crippen LogP contribution in [0.4, 0.5) is 10.5 Å². The van der Waals surface area contributed by atoms with Crippen LogP contribution in [0.1, 0.15) is 24.0 Å². The molecule has 2 aliphatic rings. The SMILES string of the molecule is O=C(Nc1ccc(Cl)cc1)N1CCC[C@H](CN2CCc3ccccc3C2)C1. The summed E-state index contributed by atoms with van der Waals surface area (Å²) in [5, 5.41) is 3.67. The Balaban J connectivity index is 1.31. The van der Waals surface area contributed by atoms with E-state index in [-0.39, 0.29) is 6.03 Å². The molecule has 1 atom stereocenters. The molecule has 2 aromatic carbocycles. The van der Waals surface area contributed by atoms with Gasteiger partial charge in [0.2, 0.25) is 0 Å². The first-order valence-electron chi connectivity index (χ1n) is 9.78. The van der Waals surface area contributed by atoms with Gasteiger partial charge in [-0.1, -0.05) is 35.9 Å². The molecule has 2 aromatic rings. The maximum Gasteiger partial charge on any atom is 0.321 e. The molecule has 2 amide bonds. The zero-order valence-corrected chi connectivity index (χ0v) is 16.3. The summed E-state index contributed by atoms with van der Waals surface area (Å²) in [6.07, 6.45) is 3.40. The summed E-state index contributed by atoms with van der Waals surface area (Å²) in [5.74, 6) is 0.542. The topological polar surface area (TPSA) is 35.6 Å². The second-order valence-electron chi connectivity index (χ2n) is 7.65. The highest BCUT2D eigenvalue weighted by Gasteiger charge is 2.26. The van der Waals surface area contributed by atoms with E-state index in [9.17, 15) is 4.79 Å². The minimum absolute atomic E-state index is 0.00832. The summed E-state index contributed by atoms with van der Waals surface area (Å²) in [5.41, 5.74) is 3.73. The summed E-state index contributed by atoms with van der Waals surface area (Å²) in [4.78, 5) is 17.1. The molecule has 0 bridgehead atoms. The molecule has 142 valence electrons. The van der Waals surface area contributed by atoms with E-state index in [4.69, 9.17) is 11.6 Å². The Hall–Kier alpha value is -2.04. The van der Waals surface area contributed by atoms with Crippen LogP contribution in [0.15, 0.2) is 48.5 Å². The van der Waals surface area contributed by atoms with Gasteiger partial charge in [0.05, 0.1) is 0 Å². The lowest BCUT2D eigenvalue weighted by Crippen LogP contribution is -2.46. The molecule has 0 unspecified atom stereocenters. The molecule has 1 fully saturated rings. The van der Waals surface area contributed by atoms with Crippen molar-refractivity contribution in [3.8, 4) is 0 Å². The molecule has 4 nitrogen and oxygen atoms in total. The number of carbonyl (C=O) groups excluding carboxylic acids is 1. The number of urea groups is 1. The number of anilines is 1. The van der Waals surface area contributed by atoms with E-state index in [0.717, 1.165) is 51.3 Å². The third-order valence-electron chi connectivity index (χ3n) is 5.63. The van der Waals surface area contributed by atoms with Gasteiger partial charge in [-0.15, -0.1) is 0 Å². The quantitative estimate of drug-likeness (QED) is 0.837. The van der Waals surface area contributed by atoms with Gasteiger partial charge in [0.15, 0.2) is 0 Å². The number of hydrogen-bond donors (Lipinski definition) is 1. The minimum atomic E-state index is -0.00832. The number of amides is 2. The molecule has 1 saturated heterocycles. The van der Waals surface area contributed by atoms with E-state index in [2.05, 4.69) is 34.5 Å². The largest absolute Gasteiger partial charge is 0.324 e. The van der Waals surface area contributed by atoms with Gasteiger partial charge < -0.3 is 10.2 Å². The van der Waals surface area contributed by atoms with Crippen LogP contribution >= 0.6 is 11.6 Å². The Kier molecular flexibility index (Phi) is 5.65. The maximum atomic E-state index is 12.6. The fraction of sp³-hybridized carbons (Fsp3) is 0.409. The normalized spacial score (nSPS) is 20.2. The highest BCUT2D eigenvalue weighted by Crippen LogP contribution is 2.23. The van der Waals surface area contributed by atoms with E-state index in [0.29, 0.717) is 10.9 Å². The molecule has 4 rings (SSSR count). The average molecular weight is 384 g/mol. The number of benzene rings is 2. The summed E-state index contributed by atoms with van der Waals surface area (Å²) in [7, 11) is 0. The van der Waals surface area contributed by atoms with Gasteiger partial charge in [0, 0.05) is 43.4 Å². The Morgan fingerprint density at radius 3 is 2.67 bits per heavy atom. The van der Waals surface area contributed by atoms with Gasteiger partial charge in [-0.05, 0) is 60.6 Å². The van der Waals surface area contributed by atoms with Gasteiger partial charge in [0.25, 0.3) is 0 Å². The van der Waals surface area contributed by atoms with Gasteiger partial charge in [0.1, 0.15) is 0 Å². The summed E-state index contributed by atoms with van der Waals surface area (Å²) >= 11 is 5.91. The van der Waals surface area contributed by atoms with E-state index in [1.807, 2.05) is 17.0 Å². The number of hydrogen-bond acceptors (Lipinski definition) is 2. The van der Waals surface area contributed by atoms with Gasteiger partial charge in [-0.3, -0.25) is 4.90 Å². The van der Waals surface area contributed by atoms with Crippen molar-refractivity contribution in [2.45, 2.75) is 25.8 Å². The number of halogens is 1. The Morgan fingerprint density at radius 1 is 1.07 bits per heavy atom. The first-order chi connectivity index (χ1) is 13.2. The smallest absolute Gasteiger partial charge is 0.321 e. The highest BCUT2D eigenvalue weighted by atomic mass is 35.5. The van der Waals surface area contributed by atoms with Gasteiger partial charge in [-0.2, -0.15) is 0 Å². The number of fused-ring (bicyclic) bond motifs is 1. The molecule has 5 heteroatoms. The number of nitrogens with zero attached hydrogens (tertiary/aromatic N) is 2. The predicted octanol–water partition coefficient (Wildman–Crippen LogP) is 4.64.